The molecule has 6 heteroatoms. The third-order valence-corrected chi connectivity index (χ3v) is 4.38. The van der Waals surface area contributed by atoms with Crippen molar-refractivity contribution < 1.29 is 4.74 Å². The van der Waals surface area contributed by atoms with Gasteiger partial charge in [-0.15, -0.1) is 24.0 Å². The Morgan fingerprint density at radius 3 is 2.62 bits per heavy atom. The number of nitrogens with one attached hydrogen (secondary N) is 1. The smallest absolute Gasteiger partial charge is 0.194 e. The van der Waals surface area contributed by atoms with E-state index in [0.29, 0.717) is 0 Å². The summed E-state index contributed by atoms with van der Waals surface area (Å²) in [6.07, 6.45) is 4.35. The average molecular weight is 450 g/mol. The Kier molecular flexibility index (Phi) is 10.9. The highest BCUT2D eigenvalue weighted by molar-refractivity contribution is 14.0. The number of piperazine rings is 1. The second-order valence-corrected chi connectivity index (χ2v) is 6.85. The molecular weight excluding hydrogens is 415 g/mol. The Balaban J connectivity index is 0.00000288. The maximum Gasteiger partial charge on any atom is 0.194 e. The summed E-state index contributed by atoms with van der Waals surface area (Å²) in [6, 6.07) is 0. The quantitative estimate of drug-likeness (QED) is 0.292. The van der Waals surface area contributed by atoms with Crippen LogP contribution in [-0.4, -0.2) is 74.8 Å². The lowest BCUT2D eigenvalue weighted by atomic mass is 10.1. The van der Waals surface area contributed by atoms with E-state index >= 15 is 0 Å². The summed E-state index contributed by atoms with van der Waals surface area (Å²) in [5, 5.41) is 3.46. The lowest BCUT2D eigenvalue weighted by molar-refractivity contribution is 0.153. The van der Waals surface area contributed by atoms with Gasteiger partial charge in [-0.2, -0.15) is 0 Å². The molecule has 2 rings (SSSR count). The Morgan fingerprint density at radius 2 is 2.04 bits per heavy atom. The van der Waals surface area contributed by atoms with E-state index in [2.05, 4.69) is 42.0 Å². The highest BCUT2D eigenvalue weighted by atomic mass is 127. The van der Waals surface area contributed by atoms with Gasteiger partial charge in [0.25, 0.3) is 0 Å². The molecule has 0 unspecified atom stereocenters. The maximum absolute atomic E-state index is 5.36. The summed E-state index contributed by atoms with van der Waals surface area (Å²) in [7, 11) is 0. The molecule has 1 saturated heterocycles. The molecule has 24 heavy (non-hydrogen) atoms. The number of guanidine groups is 1. The predicted octanol–water partition coefficient (Wildman–Crippen LogP) is 2.58. The summed E-state index contributed by atoms with van der Waals surface area (Å²) in [5.74, 6) is 1.83. The van der Waals surface area contributed by atoms with Crippen LogP contribution >= 0.6 is 24.0 Å². The monoisotopic (exact) mass is 450 g/mol. The molecule has 0 aromatic carbocycles. The van der Waals surface area contributed by atoms with Gasteiger partial charge in [0.15, 0.2) is 5.96 Å². The van der Waals surface area contributed by atoms with Gasteiger partial charge in [-0.1, -0.05) is 25.5 Å². The number of hydrogen-bond acceptors (Lipinski definition) is 3. The van der Waals surface area contributed by atoms with Crippen molar-refractivity contribution >= 4 is 29.9 Å². The first kappa shape index (κ1) is 21.7. The Morgan fingerprint density at radius 1 is 1.29 bits per heavy atom. The number of aliphatic imine (C=N–C) groups is 1. The average Bonchev–Trinajstić information content (AvgIpc) is 2.55. The Hall–Kier alpha value is -0.340. The van der Waals surface area contributed by atoms with E-state index in [0.717, 1.165) is 77.2 Å². The molecule has 2 heterocycles. The van der Waals surface area contributed by atoms with Crippen molar-refractivity contribution in [1.29, 1.82) is 0 Å². The highest BCUT2D eigenvalue weighted by Gasteiger charge is 2.19. The van der Waals surface area contributed by atoms with E-state index in [1.54, 1.807) is 0 Å². The van der Waals surface area contributed by atoms with Crippen LogP contribution in [0.4, 0.5) is 0 Å². The lowest BCUT2D eigenvalue weighted by Gasteiger charge is -2.37. The number of hydrogen-bond donors (Lipinski definition) is 1. The molecule has 0 aliphatic carbocycles. The third kappa shape index (κ3) is 7.70. The minimum absolute atomic E-state index is 0. The van der Waals surface area contributed by atoms with Crippen molar-refractivity contribution in [3.8, 4) is 0 Å². The van der Waals surface area contributed by atoms with Crippen LogP contribution in [0.15, 0.2) is 16.6 Å². The molecule has 140 valence electrons. The van der Waals surface area contributed by atoms with Crippen LogP contribution in [0, 0.1) is 5.92 Å². The zero-order valence-electron chi connectivity index (χ0n) is 15.6. The molecule has 0 aromatic heterocycles. The first-order chi connectivity index (χ1) is 11.2. The summed E-state index contributed by atoms with van der Waals surface area (Å²) >= 11 is 0. The molecule has 5 nitrogen and oxygen atoms in total. The van der Waals surface area contributed by atoms with E-state index < -0.39 is 0 Å². The highest BCUT2D eigenvalue weighted by Crippen LogP contribution is 2.12. The number of rotatable bonds is 6. The van der Waals surface area contributed by atoms with Gasteiger partial charge in [0.05, 0.1) is 13.2 Å². The van der Waals surface area contributed by atoms with E-state index in [1.807, 2.05) is 0 Å². The molecule has 0 aromatic rings. The van der Waals surface area contributed by atoms with Crippen molar-refractivity contribution in [3.05, 3.63) is 11.6 Å². The molecule has 1 N–H and O–H groups in total. The molecule has 0 amide bonds. The van der Waals surface area contributed by atoms with Crippen molar-refractivity contribution in [2.45, 2.75) is 33.6 Å². The maximum atomic E-state index is 5.36. The van der Waals surface area contributed by atoms with E-state index in [-0.39, 0.29) is 24.0 Å². The van der Waals surface area contributed by atoms with E-state index in [4.69, 9.17) is 9.73 Å². The minimum Gasteiger partial charge on any atom is -0.377 e. The number of ether oxygens (including phenoxy) is 1. The molecular formula is C18H35IN4O. The van der Waals surface area contributed by atoms with Gasteiger partial charge in [-0.3, -0.25) is 9.89 Å². The number of nitrogens with zero attached hydrogens (tertiary/aromatic N) is 3. The third-order valence-electron chi connectivity index (χ3n) is 4.38. The summed E-state index contributed by atoms with van der Waals surface area (Å²) in [4.78, 5) is 9.83. The van der Waals surface area contributed by atoms with Crippen molar-refractivity contribution in [2.75, 3.05) is 59.0 Å². The zero-order valence-corrected chi connectivity index (χ0v) is 17.9. The van der Waals surface area contributed by atoms with Gasteiger partial charge < -0.3 is 15.0 Å². The van der Waals surface area contributed by atoms with Crippen LogP contribution in [0.25, 0.3) is 0 Å². The van der Waals surface area contributed by atoms with Crippen molar-refractivity contribution in [3.63, 3.8) is 0 Å². The molecule has 0 radical (unpaired) electrons. The van der Waals surface area contributed by atoms with Crippen molar-refractivity contribution in [2.24, 2.45) is 10.9 Å². The Bertz CT molecular complexity index is 404. The van der Waals surface area contributed by atoms with E-state index in [9.17, 15) is 0 Å². The van der Waals surface area contributed by atoms with Gasteiger partial charge >= 0.3 is 0 Å². The fourth-order valence-corrected chi connectivity index (χ4v) is 3.18. The summed E-state index contributed by atoms with van der Waals surface area (Å²) in [5.41, 5.74) is 1.50. The normalized spacial score (nSPS) is 19.9. The van der Waals surface area contributed by atoms with Gasteiger partial charge in [-0.05, 0) is 25.7 Å². The van der Waals surface area contributed by atoms with E-state index in [1.165, 1.54) is 12.1 Å². The van der Waals surface area contributed by atoms with Crippen molar-refractivity contribution in [1.82, 2.24) is 15.1 Å². The van der Waals surface area contributed by atoms with Crippen LogP contribution in [0.3, 0.4) is 0 Å². The zero-order chi connectivity index (χ0) is 16.5. The molecule has 0 bridgehead atoms. The first-order valence-corrected chi connectivity index (χ1v) is 9.20. The SMILES string of the molecule is CCNC(=NCCC1=CCOCC1)N1CCN(CC(C)C)CC1.I. The minimum atomic E-state index is 0. The predicted molar refractivity (Wildman–Crippen MR) is 112 cm³/mol. The van der Waals surface area contributed by atoms with Crippen LogP contribution < -0.4 is 5.32 Å². The molecule has 0 saturated carbocycles. The molecule has 2 aliphatic heterocycles. The summed E-state index contributed by atoms with van der Waals surface area (Å²) in [6.45, 7) is 15.8. The first-order valence-electron chi connectivity index (χ1n) is 9.20. The Labute approximate surface area is 164 Å². The molecule has 0 spiro atoms. The lowest BCUT2D eigenvalue weighted by Crippen LogP contribution is -2.53. The van der Waals surface area contributed by atoms with Gasteiger partial charge in [0, 0.05) is 45.8 Å². The largest absolute Gasteiger partial charge is 0.377 e. The van der Waals surface area contributed by atoms with Crippen LogP contribution in [0.2, 0.25) is 0 Å². The fraction of sp³-hybridized carbons (Fsp3) is 0.833. The standard InChI is InChI=1S/C18H34N4O.HI/c1-4-19-18(20-8-5-17-6-13-23-14-7-17)22-11-9-21(10-12-22)15-16(2)3;/h6,16H,4-5,7-15H2,1-3H3,(H,19,20);1H. The van der Waals surface area contributed by atoms with Gasteiger partial charge in [0.1, 0.15) is 0 Å². The summed E-state index contributed by atoms with van der Waals surface area (Å²) < 4.78 is 5.36. The molecule has 1 fully saturated rings. The van der Waals surface area contributed by atoms with Gasteiger partial charge in [-0.25, -0.2) is 0 Å². The fourth-order valence-electron chi connectivity index (χ4n) is 3.18. The second-order valence-electron chi connectivity index (χ2n) is 6.85. The second kappa shape index (κ2) is 12.1. The molecule has 2 aliphatic rings. The van der Waals surface area contributed by atoms with Crippen LogP contribution in [0.5, 0.6) is 0 Å². The van der Waals surface area contributed by atoms with Gasteiger partial charge in [0.2, 0.25) is 0 Å². The molecule has 0 atom stereocenters. The topological polar surface area (TPSA) is 40.1 Å². The number of halogens is 1. The van der Waals surface area contributed by atoms with Crippen LogP contribution in [-0.2, 0) is 4.74 Å². The van der Waals surface area contributed by atoms with Crippen LogP contribution in [0.1, 0.15) is 33.6 Å².